The van der Waals surface area contributed by atoms with Crippen molar-refractivity contribution >= 4 is 68.0 Å². The van der Waals surface area contributed by atoms with Crippen LogP contribution >= 0.6 is 0 Å². The van der Waals surface area contributed by atoms with Crippen LogP contribution in [0, 0.1) is 0 Å². The molecule has 0 radical (unpaired) electrons. The summed E-state index contributed by atoms with van der Waals surface area (Å²) in [4.78, 5) is 66.3. The minimum absolute atomic E-state index is 0.259. The molecule has 0 bridgehead atoms. The summed E-state index contributed by atoms with van der Waals surface area (Å²) in [5.41, 5.74) is 1.70. The van der Waals surface area contributed by atoms with Gasteiger partial charge in [-0.3, -0.25) is 33.8 Å². The maximum atomic E-state index is 13.3. The lowest BCUT2D eigenvalue weighted by Crippen LogP contribution is -2.44. The van der Waals surface area contributed by atoms with Gasteiger partial charge in [-0.15, -0.1) is 0 Å². The van der Waals surface area contributed by atoms with E-state index in [1.54, 1.807) is 37.3 Å². The fourth-order valence-corrected chi connectivity index (χ4v) is 6.19. The van der Waals surface area contributed by atoms with Gasteiger partial charge in [0.2, 0.25) is 5.91 Å². The van der Waals surface area contributed by atoms with Crippen molar-refractivity contribution in [1.29, 1.82) is 0 Å². The lowest BCUT2D eigenvalue weighted by Gasteiger charge is -2.32. The van der Waals surface area contributed by atoms with E-state index in [1.807, 2.05) is 24.3 Å². The second-order valence-corrected chi connectivity index (χ2v) is 9.44. The first-order valence-corrected chi connectivity index (χ1v) is 11.9. The highest BCUT2D eigenvalue weighted by molar-refractivity contribution is 6.34. The van der Waals surface area contributed by atoms with Crippen LogP contribution in [-0.4, -0.2) is 57.6 Å². The first-order chi connectivity index (χ1) is 17.8. The second kappa shape index (κ2) is 7.10. The number of nitrogens with zero attached hydrogens (tertiary/aromatic N) is 2. The van der Waals surface area contributed by atoms with Crippen molar-refractivity contribution in [2.24, 2.45) is 0 Å². The number of carboxylic acid groups (broad SMARTS) is 1. The summed E-state index contributed by atoms with van der Waals surface area (Å²) < 4.78 is 0. The van der Waals surface area contributed by atoms with Crippen LogP contribution in [0.2, 0.25) is 0 Å². The number of hydrogen-bond donors (Lipinski definition) is 1. The predicted molar refractivity (Wildman–Crippen MR) is 135 cm³/mol. The van der Waals surface area contributed by atoms with Crippen LogP contribution in [0.4, 0.5) is 0 Å². The van der Waals surface area contributed by atoms with E-state index in [1.165, 1.54) is 4.90 Å². The molecule has 37 heavy (non-hydrogen) atoms. The minimum atomic E-state index is -1.27. The van der Waals surface area contributed by atoms with E-state index in [0.29, 0.717) is 16.5 Å². The van der Waals surface area contributed by atoms with Crippen molar-refractivity contribution in [3.63, 3.8) is 0 Å². The Kier molecular flexibility index (Phi) is 4.11. The SMILES string of the molecule is CCN1C(=O)c2ccc3c4c2C(C=CC=c4c2ccc4c5c(ccc3c52)C(=O)N(CC(=O)O)C4=O)C1=O. The third kappa shape index (κ3) is 2.54. The summed E-state index contributed by atoms with van der Waals surface area (Å²) in [7, 11) is 0. The van der Waals surface area contributed by atoms with Crippen LogP contribution in [0.3, 0.4) is 0 Å². The molecule has 7 rings (SSSR count). The number of hydrogen-bond acceptors (Lipinski definition) is 5. The fraction of sp³-hybridized carbons (Fsp3) is 0.138. The quantitative estimate of drug-likeness (QED) is 0.269. The molecule has 1 atom stereocenters. The molecule has 4 amide bonds. The van der Waals surface area contributed by atoms with Gasteiger partial charge in [0.25, 0.3) is 17.7 Å². The zero-order chi connectivity index (χ0) is 25.7. The Labute approximate surface area is 209 Å². The molecule has 0 aromatic heterocycles. The molecule has 1 aliphatic carbocycles. The van der Waals surface area contributed by atoms with E-state index in [2.05, 4.69) is 0 Å². The normalized spacial score (nSPS) is 18.2. The molecule has 3 aliphatic rings. The molecular weight excluding hydrogens is 472 g/mol. The standard InChI is InChI=1S/C29H18N2O6/c1-2-30-26(34)17-5-3-4-13-14-6-10-19-25-20(29(37)31(28(19)36)12-21(32)33)11-8-16(23(14)25)15-7-9-18(27(30)35)24(17)22(13)15/h3-11,17H,2,12H2,1H3,(H,32,33). The average molecular weight is 490 g/mol. The highest BCUT2D eigenvalue weighted by atomic mass is 16.4. The summed E-state index contributed by atoms with van der Waals surface area (Å²) in [5.74, 6) is -3.74. The minimum Gasteiger partial charge on any atom is -0.480 e. The zero-order valence-corrected chi connectivity index (χ0v) is 19.6. The summed E-state index contributed by atoms with van der Waals surface area (Å²) in [5, 5.41) is 14.5. The number of amides is 4. The first kappa shape index (κ1) is 21.4. The Morgan fingerprint density at radius 1 is 0.784 bits per heavy atom. The van der Waals surface area contributed by atoms with Crippen LogP contribution in [-0.2, 0) is 9.59 Å². The summed E-state index contributed by atoms with van der Waals surface area (Å²) >= 11 is 0. The van der Waals surface area contributed by atoms with Gasteiger partial charge in [0.15, 0.2) is 0 Å². The Morgan fingerprint density at radius 3 is 2.03 bits per heavy atom. The number of imide groups is 2. The van der Waals surface area contributed by atoms with Gasteiger partial charge >= 0.3 is 5.97 Å². The summed E-state index contributed by atoms with van der Waals surface area (Å²) in [6.07, 6.45) is 5.53. The monoisotopic (exact) mass is 490 g/mol. The summed E-state index contributed by atoms with van der Waals surface area (Å²) in [6, 6.07) is 10.5. The Bertz CT molecular complexity index is 1900. The van der Waals surface area contributed by atoms with Gasteiger partial charge in [0.1, 0.15) is 6.54 Å². The fourth-order valence-electron chi connectivity index (χ4n) is 6.19. The molecule has 2 aliphatic heterocycles. The molecule has 1 N–H and O–H groups in total. The number of benzene rings is 4. The van der Waals surface area contributed by atoms with Gasteiger partial charge in [-0.05, 0) is 62.8 Å². The molecule has 8 heteroatoms. The molecule has 2 heterocycles. The van der Waals surface area contributed by atoms with E-state index in [0.717, 1.165) is 37.0 Å². The first-order valence-electron chi connectivity index (χ1n) is 11.9. The number of likely N-dealkylation sites (N-methyl/N-ethyl adjacent to an activating group) is 1. The Balaban J connectivity index is 1.64. The van der Waals surface area contributed by atoms with Crippen LogP contribution in [0.5, 0.6) is 0 Å². The predicted octanol–water partition coefficient (Wildman–Crippen LogP) is 2.98. The maximum absolute atomic E-state index is 13.3. The highest BCUT2D eigenvalue weighted by Gasteiger charge is 2.40. The average Bonchev–Trinajstić information content (AvgIpc) is 3.09. The van der Waals surface area contributed by atoms with Crippen molar-refractivity contribution in [2.75, 3.05) is 13.1 Å². The van der Waals surface area contributed by atoms with Gasteiger partial charge in [0, 0.05) is 28.6 Å². The topological polar surface area (TPSA) is 112 Å². The van der Waals surface area contributed by atoms with Gasteiger partial charge in [0.05, 0.1) is 5.92 Å². The number of aliphatic carboxylic acids is 1. The summed E-state index contributed by atoms with van der Waals surface area (Å²) in [6.45, 7) is 1.35. The molecule has 0 fully saturated rings. The molecule has 180 valence electrons. The third-order valence-corrected chi connectivity index (χ3v) is 7.70. The molecule has 0 saturated heterocycles. The number of rotatable bonds is 3. The Hall–Kier alpha value is -4.85. The zero-order valence-electron chi connectivity index (χ0n) is 19.6. The molecule has 1 unspecified atom stereocenters. The van der Waals surface area contributed by atoms with Crippen LogP contribution in [0.1, 0.15) is 49.5 Å². The van der Waals surface area contributed by atoms with E-state index >= 15 is 0 Å². The van der Waals surface area contributed by atoms with Crippen LogP contribution in [0.15, 0.2) is 48.6 Å². The van der Waals surface area contributed by atoms with Gasteiger partial charge in [-0.25, -0.2) is 0 Å². The smallest absolute Gasteiger partial charge is 0.323 e. The van der Waals surface area contributed by atoms with Gasteiger partial charge in [-0.2, -0.15) is 0 Å². The number of fused-ring (bicyclic) bond motifs is 2. The van der Waals surface area contributed by atoms with Crippen molar-refractivity contribution in [1.82, 2.24) is 9.80 Å². The molecular formula is C29H18N2O6. The van der Waals surface area contributed by atoms with E-state index in [-0.39, 0.29) is 29.5 Å². The molecule has 8 nitrogen and oxygen atoms in total. The number of carbonyl (C=O) groups excluding carboxylic acids is 4. The van der Waals surface area contributed by atoms with Crippen molar-refractivity contribution in [3.8, 4) is 0 Å². The van der Waals surface area contributed by atoms with Crippen molar-refractivity contribution in [2.45, 2.75) is 12.8 Å². The number of allylic oxidation sites excluding steroid dienone is 1. The van der Waals surface area contributed by atoms with Gasteiger partial charge in [-0.1, -0.05) is 36.4 Å². The van der Waals surface area contributed by atoms with E-state index < -0.39 is 30.2 Å². The Morgan fingerprint density at radius 2 is 1.38 bits per heavy atom. The molecule has 4 aromatic carbocycles. The maximum Gasteiger partial charge on any atom is 0.323 e. The lowest BCUT2D eigenvalue weighted by atomic mass is 9.81. The lowest BCUT2D eigenvalue weighted by molar-refractivity contribution is -0.137. The van der Waals surface area contributed by atoms with Gasteiger partial charge < -0.3 is 5.11 Å². The van der Waals surface area contributed by atoms with E-state index in [4.69, 9.17) is 0 Å². The highest BCUT2D eigenvalue weighted by Crippen LogP contribution is 2.42. The molecule has 0 saturated carbocycles. The number of carbonyl (C=O) groups is 5. The number of carboxylic acids is 1. The van der Waals surface area contributed by atoms with Crippen molar-refractivity contribution < 1.29 is 29.1 Å². The second-order valence-electron chi connectivity index (χ2n) is 9.44. The molecule has 0 spiro atoms. The van der Waals surface area contributed by atoms with Crippen molar-refractivity contribution in [3.05, 3.63) is 76.0 Å². The largest absolute Gasteiger partial charge is 0.480 e. The van der Waals surface area contributed by atoms with E-state index in [9.17, 15) is 29.1 Å². The van der Waals surface area contributed by atoms with Crippen LogP contribution in [0.25, 0.3) is 38.4 Å². The third-order valence-electron chi connectivity index (χ3n) is 7.70. The van der Waals surface area contributed by atoms with Crippen LogP contribution < -0.4 is 5.22 Å². The molecule has 4 aromatic rings.